The van der Waals surface area contributed by atoms with Gasteiger partial charge >= 0.3 is 0 Å². The predicted octanol–water partition coefficient (Wildman–Crippen LogP) is 2.02. The second-order valence-electron chi connectivity index (χ2n) is 3.09. The Bertz CT molecular complexity index is 380. The number of carbonyl (C=O) groups excluding carboxylic acids is 2. The Morgan fingerprint density at radius 3 is 2.50 bits per heavy atom. The molecule has 3 nitrogen and oxygen atoms in total. The maximum absolute atomic E-state index is 11.1. The molecular formula is C11H12O3. The minimum Gasteiger partial charge on any atom is -0.496 e. The van der Waals surface area contributed by atoms with Crippen LogP contribution in [0.15, 0.2) is 12.1 Å². The monoisotopic (exact) mass is 192 g/mol. The third-order valence-corrected chi connectivity index (χ3v) is 2.04. The average molecular weight is 192 g/mol. The van der Waals surface area contributed by atoms with Gasteiger partial charge in [0.25, 0.3) is 0 Å². The van der Waals surface area contributed by atoms with Gasteiger partial charge in [-0.15, -0.1) is 0 Å². The lowest BCUT2D eigenvalue weighted by Gasteiger charge is -2.08. The van der Waals surface area contributed by atoms with Crippen molar-refractivity contribution in [3.63, 3.8) is 0 Å². The normalized spacial score (nSPS) is 9.64. The van der Waals surface area contributed by atoms with E-state index in [1.165, 1.54) is 14.0 Å². The van der Waals surface area contributed by atoms with Gasteiger partial charge in [-0.3, -0.25) is 9.59 Å². The van der Waals surface area contributed by atoms with Crippen LogP contribution >= 0.6 is 0 Å². The van der Waals surface area contributed by atoms with Crippen molar-refractivity contribution in [2.45, 2.75) is 13.8 Å². The van der Waals surface area contributed by atoms with Gasteiger partial charge in [-0.25, -0.2) is 0 Å². The lowest BCUT2D eigenvalue weighted by molar-refractivity contribution is 0.101. The van der Waals surface area contributed by atoms with Gasteiger partial charge < -0.3 is 4.74 Å². The molecule has 0 spiro atoms. The second-order valence-corrected chi connectivity index (χ2v) is 3.09. The summed E-state index contributed by atoms with van der Waals surface area (Å²) in [6.45, 7) is 3.27. The van der Waals surface area contributed by atoms with Gasteiger partial charge in [0.1, 0.15) is 5.75 Å². The SMILES string of the molecule is COc1c(C)cc(C(C)=O)cc1C=O. The quantitative estimate of drug-likeness (QED) is 0.543. The minimum atomic E-state index is -0.0566. The van der Waals surface area contributed by atoms with Crippen molar-refractivity contribution in [1.82, 2.24) is 0 Å². The molecule has 0 radical (unpaired) electrons. The smallest absolute Gasteiger partial charge is 0.159 e. The first-order valence-electron chi connectivity index (χ1n) is 4.25. The fourth-order valence-electron chi connectivity index (χ4n) is 1.37. The summed E-state index contributed by atoms with van der Waals surface area (Å²) in [6.07, 6.45) is 0.693. The lowest BCUT2D eigenvalue weighted by Crippen LogP contribution is -1.99. The zero-order valence-corrected chi connectivity index (χ0v) is 8.46. The Hall–Kier alpha value is -1.64. The molecule has 0 aliphatic carbocycles. The zero-order chi connectivity index (χ0) is 10.7. The van der Waals surface area contributed by atoms with Crippen LogP contribution in [0, 0.1) is 6.92 Å². The molecule has 0 saturated carbocycles. The number of aldehydes is 1. The number of hydrogen-bond acceptors (Lipinski definition) is 3. The number of aryl methyl sites for hydroxylation is 1. The highest BCUT2D eigenvalue weighted by Gasteiger charge is 2.09. The fourth-order valence-corrected chi connectivity index (χ4v) is 1.37. The van der Waals surface area contributed by atoms with Gasteiger partial charge in [-0.1, -0.05) is 0 Å². The molecule has 0 unspecified atom stereocenters. The Morgan fingerprint density at radius 2 is 2.07 bits per heavy atom. The molecule has 1 aromatic carbocycles. The highest BCUT2D eigenvalue weighted by molar-refractivity contribution is 5.96. The van der Waals surface area contributed by atoms with Crippen molar-refractivity contribution >= 4 is 12.1 Å². The average Bonchev–Trinajstić information content (AvgIpc) is 2.16. The summed E-state index contributed by atoms with van der Waals surface area (Å²) in [5.41, 5.74) is 1.74. The van der Waals surface area contributed by atoms with Crippen molar-refractivity contribution in [2.75, 3.05) is 7.11 Å². The van der Waals surface area contributed by atoms with E-state index >= 15 is 0 Å². The number of Topliss-reactive ketones (excluding diaryl/α,β-unsaturated/α-hetero) is 1. The van der Waals surface area contributed by atoms with Crippen LogP contribution < -0.4 is 4.74 Å². The molecular weight excluding hydrogens is 180 g/mol. The number of methoxy groups -OCH3 is 1. The van der Waals surface area contributed by atoms with Crippen LogP contribution in [0.4, 0.5) is 0 Å². The third-order valence-electron chi connectivity index (χ3n) is 2.04. The molecule has 0 bridgehead atoms. The van der Waals surface area contributed by atoms with Crippen LogP contribution in [0.2, 0.25) is 0 Å². The molecule has 0 N–H and O–H groups in total. The van der Waals surface area contributed by atoms with E-state index in [2.05, 4.69) is 0 Å². The largest absolute Gasteiger partial charge is 0.496 e. The van der Waals surface area contributed by atoms with Crippen LogP contribution in [-0.4, -0.2) is 19.2 Å². The first-order valence-corrected chi connectivity index (χ1v) is 4.25. The Balaban J connectivity index is 3.38. The van der Waals surface area contributed by atoms with Gasteiger partial charge in [0.05, 0.1) is 12.7 Å². The van der Waals surface area contributed by atoms with Crippen molar-refractivity contribution in [1.29, 1.82) is 0 Å². The van der Waals surface area contributed by atoms with Crippen LogP contribution in [0.3, 0.4) is 0 Å². The summed E-state index contributed by atoms with van der Waals surface area (Å²) in [5, 5.41) is 0. The number of carbonyl (C=O) groups is 2. The molecule has 0 amide bonds. The van der Waals surface area contributed by atoms with Crippen LogP contribution in [-0.2, 0) is 0 Å². The fraction of sp³-hybridized carbons (Fsp3) is 0.273. The van der Waals surface area contributed by atoms with E-state index in [1.807, 2.05) is 0 Å². The number of ether oxygens (including phenoxy) is 1. The minimum absolute atomic E-state index is 0.0566. The molecule has 14 heavy (non-hydrogen) atoms. The summed E-state index contributed by atoms with van der Waals surface area (Å²) < 4.78 is 5.06. The molecule has 1 aromatic rings. The van der Waals surface area contributed by atoms with Crippen LogP contribution in [0.5, 0.6) is 5.75 Å². The Labute approximate surface area is 82.7 Å². The zero-order valence-electron chi connectivity index (χ0n) is 8.46. The molecule has 0 aliphatic rings. The van der Waals surface area contributed by atoms with E-state index in [4.69, 9.17) is 4.74 Å². The van der Waals surface area contributed by atoms with Gasteiger partial charge in [0, 0.05) is 5.56 Å². The standard InChI is InChI=1S/C11H12O3/c1-7-4-9(8(2)13)5-10(6-12)11(7)14-3/h4-6H,1-3H3. The van der Waals surface area contributed by atoms with Gasteiger partial charge in [-0.2, -0.15) is 0 Å². The van der Waals surface area contributed by atoms with E-state index < -0.39 is 0 Å². The highest BCUT2D eigenvalue weighted by Crippen LogP contribution is 2.23. The van der Waals surface area contributed by atoms with Crippen LogP contribution in [0.25, 0.3) is 0 Å². The first kappa shape index (κ1) is 10.4. The topological polar surface area (TPSA) is 43.4 Å². The summed E-state index contributed by atoms with van der Waals surface area (Å²) in [5.74, 6) is 0.476. The van der Waals surface area contributed by atoms with Gasteiger partial charge in [-0.05, 0) is 31.5 Å². The summed E-state index contributed by atoms with van der Waals surface area (Å²) in [7, 11) is 1.50. The predicted molar refractivity (Wildman–Crippen MR) is 53.1 cm³/mol. The maximum atomic E-state index is 11.1. The van der Waals surface area contributed by atoms with E-state index in [-0.39, 0.29) is 5.78 Å². The van der Waals surface area contributed by atoms with Crippen LogP contribution in [0.1, 0.15) is 33.2 Å². The second kappa shape index (κ2) is 4.05. The summed E-state index contributed by atoms with van der Waals surface area (Å²) >= 11 is 0. The summed E-state index contributed by atoms with van der Waals surface area (Å²) in [4.78, 5) is 21.8. The van der Waals surface area contributed by atoms with E-state index in [9.17, 15) is 9.59 Å². The number of rotatable bonds is 3. The molecule has 0 fully saturated rings. The number of hydrogen-bond donors (Lipinski definition) is 0. The first-order chi connectivity index (χ1) is 6.60. The molecule has 1 rings (SSSR count). The summed E-state index contributed by atoms with van der Waals surface area (Å²) in [6, 6.07) is 3.26. The van der Waals surface area contributed by atoms with Gasteiger partial charge in [0.2, 0.25) is 0 Å². The maximum Gasteiger partial charge on any atom is 0.159 e. The lowest BCUT2D eigenvalue weighted by atomic mass is 10.0. The Morgan fingerprint density at radius 1 is 1.43 bits per heavy atom. The van der Waals surface area contributed by atoms with Crippen molar-refractivity contribution < 1.29 is 14.3 Å². The molecule has 74 valence electrons. The van der Waals surface area contributed by atoms with E-state index in [0.29, 0.717) is 23.2 Å². The molecule has 0 aliphatic heterocycles. The Kier molecular flexibility index (Phi) is 3.02. The molecule has 0 saturated heterocycles. The van der Waals surface area contributed by atoms with E-state index in [0.717, 1.165) is 5.56 Å². The molecule has 0 atom stereocenters. The van der Waals surface area contributed by atoms with Crippen molar-refractivity contribution in [3.8, 4) is 5.75 Å². The third kappa shape index (κ3) is 1.82. The van der Waals surface area contributed by atoms with E-state index in [1.54, 1.807) is 19.1 Å². The van der Waals surface area contributed by atoms with Crippen molar-refractivity contribution in [3.05, 3.63) is 28.8 Å². The molecule has 3 heteroatoms. The molecule has 0 heterocycles. The molecule has 0 aromatic heterocycles. The number of ketones is 1. The highest BCUT2D eigenvalue weighted by atomic mass is 16.5. The van der Waals surface area contributed by atoms with Gasteiger partial charge in [0.15, 0.2) is 12.1 Å². The number of benzene rings is 1. The van der Waals surface area contributed by atoms with Crippen molar-refractivity contribution in [2.24, 2.45) is 0 Å².